The Kier molecular flexibility index (Phi) is 4.53. The topological polar surface area (TPSA) is 21.3 Å². The molecule has 0 saturated carbocycles. The highest BCUT2D eigenvalue weighted by Gasteiger charge is 2.16. The number of halogens is 1. The van der Waals surface area contributed by atoms with Gasteiger partial charge in [-0.25, -0.2) is 4.39 Å². The molecule has 0 amide bonds. The molecule has 0 bridgehead atoms. The number of para-hydroxylation sites is 2. The highest BCUT2D eigenvalue weighted by atomic mass is 19.1. The predicted octanol–water partition coefficient (Wildman–Crippen LogP) is 3.55. The monoisotopic (exact) mass is 259 g/mol. The molecule has 0 saturated heterocycles. The number of nitrogens with one attached hydrogen (secondary N) is 1. The molecule has 1 aliphatic heterocycles. The third-order valence-corrected chi connectivity index (χ3v) is 2.90. The average molecular weight is 259 g/mol. The molecule has 0 radical (unpaired) electrons. The Morgan fingerprint density at radius 2 is 1.58 bits per heavy atom. The number of ether oxygens (including phenoxy) is 1. The number of rotatable bonds is 0. The van der Waals surface area contributed by atoms with Gasteiger partial charge in [0.15, 0.2) is 11.6 Å². The van der Waals surface area contributed by atoms with Gasteiger partial charge in [0.05, 0.1) is 0 Å². The lowest BCUT2D eigenvalue weighted by Gasteiger charge is -2.08. The number of aryl methyl sites for hydroxylation is 2. The maximum absolute atomic E-state index is 13.6. The first-order chi connectivity index (χ1) is 9.26. The van der Waals surface area contributed by atoms with Crippen molar-refractivity contribution in [3.05, 3.63) is 59.4 Å². The second-order valence-corrected chi connectivity index (χ2v) is 4.44. The molecule has 0 atom stereocenters. The number of fused-ring (bicyclic) bond motifs is 2. The van der Waals surface area contributed by atoms with Crippen molar-refractivity contribution >= 4 is 0 Å². The molecular weight excluding hydrogens is 241 g/mol. The second kappa shape index (κ2) is 6.34. The minimum Gasteiger partial charge on any atom is -0.454 e. The highest BCUT2D eigenvalue weighted by molar-refractivity contribution is 5.45. The molecule has 3 rings (SSSR count). The van der Waals surface area contributed by atoms with Crippen LogP contribution >= 0.6 is 0 Å². The van der Waals surface area contributed by atoms with Crippen LogP contribution in [0.25, 0.3) is 0 Å². The first kappa shape index (κ1) is 13.6. The molecule has 1 N–H and O–H groups in total. The Bertz CT molecular complexity index is 554. The zero-order valence-corrected chi connectivity index (χ0v) is 11.2. The minimum atomic E-state index is -0.283. The van der Waals surface area contributed by atoms with Gasteiger partial charge in [-0.15, -0.1) is 0 Å². The van der Waals surface area contributed by atoms with Gasteiger partial charge in [0.2, 0.25) is 0 Å². The maximum Gasteiger partial charge on any atom is 0.166 e. The summed E-state index contributed by atoms with van der Waals surface area (Å²) in [5.41, 5.74) is 2.08. The minimum absolute atomic E-state index is 0.283. The predicted molar refractivity (Wildman–Crippen MR) is 75.3 cm³/mol. The molecule has 2 aromatic rings. The van der Waals surface area contributed by atoms with Gasteiger partial charge < -0.3 is 10.1 Å². The standard InChI is InChI=1S/C14H11FO.C2H7N/c15-12-6-3-5-11-9-8-10-4-1-2-7-13(10)16-14(11)12;1-3-2/h1-7H,8-9H2;3H,1-2H3. The summed E-state index contributed by atoms with van der Waals surface area (Å²) in [6.07, 6.45) is 1.72. The van der Waals surface area contributed by atoms with Crippen molar-refractivity contribution in [3.8, 4) is 11.5 Å². The quantitative estimate of drug-likeness (QED) is 0.781. The maximum atomic E-state index is 13.6. The van der Waals surface area contributed by atoms with E-state index in [9.17, 15) is 4.39 Å². The van der Waals surface area contributed by atoms with E-state index in [4.69, 9.17) is 4.74 Å². The molecule has 0 fully saturated rings. The van der Waals surface area contributed by atoms with Crippen molar-refractivity contribution in [1.82, 2.24) is 5.32 Å². The molecule has 19 heavy (non-hydrogen) atoms. The summed E-state index contributed by atoms with van der Waals surface area (Å²) in [5, 5.41) is 2.75. The number of benzene rings is 2. The Morgan fingerprint density at radius 3 is 2.37 bits per heavy atom. The van der Waals surface area contributed by atoms with Crippen LogP contribution in [0.2, 0.25) is 0 Å². The fourth-order valence-electron chi connectivity index (χ4n) is 2.05. The Hall–Kier alpha value is -1.87. The zero-order chi connectivity index (χ0) is 13.7. The second-order valence-electron chi connectivity index (χ2n) is 4.44. The van der Waals surface area contributed by atoms with Crippen LogP contribution in [0.1, 0.15) is 11.1 Å². The molecule has 100 valence electrons. The van der Waals surface area contributed by atoms with Crippen molar-refractivity contribution in [3.63, 3.8) is 0 Å². The van der Waals surface area contributed by atoms with Crippen LogP contribution in [0, 0.1) is 5.82 Å². The summed E-state index contributed by atoms with van der Waals surface area (Å²) < 4.78 is 19.3. The normalized spacial score (nSPS) is 12.2. The first-order valence-corrected chi connectivity index (χ1v) is 6.38. The molecule has 0 aliphatic carbocycles. The zero-order valence-electron chi connectivity index (χ0n) is 11.2. The molecule has 0 spiro atoms. The van der Waals surface area contributed by atoms with Crippen LogP contribution in [-0.2, 0) is 12.8 Å². The largest absolute Gasteiger partial charge is 0.454 e. The fraction of sp³-hybridized carbons (Fsp3) is 0.250. The molecule has 2 aromatic carbocycles. The van der Waals surface area contributed by atoms with Crippen molar-refractivity contribution in [2.75, 3.05) is 14.1 Å². The average Bonchev–Trinajstić information content (AvgIpc) is 2.60. The SMILES string of the molecule is CNC.Fc1cccc2c1Oc1ccccc1CC2. The van der Waals surface area contributed by atoms with E-state index in [1.54, 1.807) is 6.07 Å². The third-order valence-electron chi connectivity index (χ3n) is 2.90. The van der Waals surface area contributed by atoms with E-state index in [1.165, 1.54) is 6.07 Å². The Labute approximate surface area is 113 Å². The van der Waals surface area contributed by atoms with Gasteiger partial charge in [-0.3, -0.25) is 0 Å². The van der Waals surface area contributed by atoms with Gasteiger partial charge in [-0.05, 0) is 50.2 Å². The van der Waals surface area contributed by atoms with Crippen molar-refractivity contribution < 1.29 is 9.13 Å². The summed E-state index contributed by atoms with van der Waals surface area (Å²) in [4.78, 5) is 0. The van der Waals surface area contributed by atoms with E-state index in [0.717, 1.165) is 29.7 Å². The van der Waals surface area contributed by atoms with Crippen LogP contribution in [0.15, 0.2) is 42.5 Å². The highest BCUT2D eigenvalue weighted by Crippen LogP contribution is 2.34. The van der Waals surface area contributed by atoms with Crippen molar-refractivity contribution in [2.45, 2.75) is 12.8 Å². The van der Waals surface area contributed by atoms with E-state index in [0.29, 0.717) is 5.75 Å². The summed E-state index contributed by atoms with van der Waals surface area (Å²) in [6.45, 7) is 0. The van der Waals surface area contributed by atoms with Crippen LogP contribution in [0.5, 0.6) is 11.5 Å². The van der Waals surface area contributed by atoms with Crippen LogP contribution in [0.4, 0.5) is 4.39 Å². The van der Waals surface area contributed by atoms with E-state index < -0.39 is 0 Å². The lowest BCUT2D eigenvalue weighted by Crippen LogP contribution is -1.91. The van der Waals surface area contributed by atoms with Gasteiger partial charge >= 0.3 is 0 Å². The molecule has 3 heteroatoms. The summed E-state index contributed by atoms with van der Waals surface area (Å²) >= 11 is 0. The lowest BCUT2D eigenvalue weighted by molar-refractivity contribution is 0.439. The smallest absolute Gasteiger partial charge is 0.166 e. The summed E-state index contributed by atoms with van der Waals surface area (Å²) in [5.74, 6) is 0.869. The number of hydrogen-bond acceptors (Lipinski definition) is 2. The Morgan fingerprint density at radius 1 is 0.947 bits per heavy atom. The molecule has 1 aliphatic rings. The van der Waals surface area contributed by atoms with Gasteiger partial charge in [0, 0.05) is 0 Å². The molecular formula is C16H18FNO. The summed E-state index contributed by atoms with van der Waals surface area (Å²) in [6, 6.07) is 12.9. The van der Waals surface area contributed by atoms with Crippen LogP contribution in [0.3, 0.4) is 0 Å². The van der Waals surface area contributed by atoms with Crippen molar-refractivity contribution in [1.29, 1.82) is 0 Å². The molecule has 0 aromatic heterocycles. The van der Waals surface area contributed by atoms with Crippen LogP contribution in [-0.4, -0.2) is 14.1 Å². The fourth-order valence-corrected chi connectivity index (χ4v) is 2.05. The molecule has 1 heterocycles. The van der Waals surface area contributed by atoms with Gasteiger partial charge in [0.1, 0.15) is 5.75 Å². The van der Waals surface area contributed by atoms with E-state index in [-0.39, 0.29) is 5.82 Å². The van der Waals surface area contributed by atoms with Crippen LogP contribution < -0.4 is 10.1 Å². The van der Waals surface area contributed by atoms with E-state index in [1.807, 2.05) is 44.4 Å². The first-order valence-electron chi connectivity index (χ1n) is 6.38. The third kappa shape index (κ3) is 3.12. The van der Waals surface area contributed by atoms with Gasteiger partial charge in [-0.1, -0.05) is 30.3 Å². The van der Waals surface area contributed by atoms with Crippen molar-refractivity contribution in [2.24, 2.45) is 0 Å². The number of hydrogen-bond donors (Lipinski definition) is 1. The molecule has 2 nitrogen and oxygen atoms in total. The Balaban J connectivity index is 0.000000408. The van der Waals surface area contributed by atoms with Gasteiger partial charge in [0.25, 0.3) is 0 Å². The van der Waals surface area contributed by atoms with Gasteiger partial charge in [-0.2, -0.15) is 0 Å². The van der Waals surface area contributed by atoms with E-state index in [2.05, 4.69) is 5.32 Å². The lowest BCUT2D eigenvalue weighted by atomic mass is 10.0. The molecule has 0 unspecified atom stereocenters. The summed E-state index contributed by atoms with van der Waals surface area (Å²) in [7, 11) is 3.75. The van der Waals surface area contributed by atoms with E-state index >= 15 is 0 Å².